The molecule has 0 radical (unpaired) electrons. The smallest absolute Gasteiger partial charge is 0.265 e. The number of sulfonamides is 1. The molecule has 0 saturated carbocycles. The van der Waals surface area contributed by atoms with Crippen LogP contribution in [0.5, 0.6) is 0 Å². The maximum absolute atomic E-state index is 13.1. The molecule has 3 aromatic rings. The van der Waals surface area contributed by atoms with Crippen molar-refractivity contribution in [2.24, 2.45) is 5.10 Å². The monoisotopic (exact) mass is 408 g/mol. The molecule has 0 fully saturated rings. The summed E-state index contributed by atoms with van der Waals surface area (Å²) in [6.45, 7) is 1.30. The lowest BCUT2D eigenvalue weighted by Gasteiger charge is -2.22. The predicted octanol–water partition coefficient (Wildman–Crippen LogP) is 2.82. The number of hydrogen-bond acceptors (Lipinski definition) is 5. The number of nitrogens with one attached hydrogen (secondary N) is 1. The fourth-order valence-electron chi connectivity index (χ4n) is 2.57. The molecule has 0 bridgehead atoms. The van der Waals surface area contributed by atoms with Crippen LogP contribution in [0.1, 0.15) is 12.5 Å². The normalized spacial score (nSPS) is 11.7. The van der Waals surface area contributed by atoms with Gasteiger partial charge in [-0.2, -0.15) is 5.10 Å². The van der Waals surface area contributed by atoms with Crippen LogP contribution in [0, 0.1) is 0 Å². The Labute approximate surface area is 169 Å². The molecule has 29 heavy (non-hydrogen) atoms. The Kier molecular flexibility index (Phi) is 6.36. The van der Waals surface area contributed by atoms with Crippen LogP contribution in [-0.2, 0) is 14.8 Å². The Morgan fingerprint density at radius 1 is 0.966 bits per heavy atom. The van der Waals surface area contributed by atoms with E-state index in [4.69, 9.17) is 0 Å². The van der Waals surface area contributed by atoms with Gasteiger partial charge in [0.2, 0.25) is 0 Å². The second-order valence-corrected chi connectivity index (χ2v) is 7.97. The minimum Gasteiger partial charge on any atom is -0.271 e. The number of rotatable bonds is 7. The molecule has 1 N–H and O–H groups in total. The van der Waals surface area contributed by atoms with Crippen molar-refractivity contribution in [3.63, 3.8) is 0 Å². The summed E-state index contributed by atoms with van der Waals surface area (Å²) in [4.78, 5) is 16.7. The molecule has 0 aliphatic heterocycles. The summed E-state index contributed by atoms with van der Waals surface area (Å²) in [5.41, 5.74) is 3.88. The first-order chi connectivity index (χ1) is 14.0. The van der Waals surface area contributed by atoms with Gasteiger partial charge in [-0.15, -0.1) is 0 Å². The lowest BCUT2D eigenvalue weighted by atomic mass is 10.1. The molecule has 1 aromatic heterocycles. The summed E-state index contributed by atoms with van der Waals surface area (Å²) >= 11 is 0. The molecule has 0 spiro atoms. The number of aromatic nitrogens is 1. The van der Waals surface area contributed by atoms with E-state index in [0.717, 1.165) is 9.87 Å². The highest BCUT2D eigenvalue weighted by Crippen LogP contribution is 2.21. The van der Waals surface area contributed by atoms with Gasteiger partial charge in [-0.1, -0.05) is 54.6 Å². The van der Waals surface area contributed by atoms with E-state index >= 15 is 0 Å². The van der Waals surface area contributed by atoms with Crippen LogP contribution in [-0.4, -0.2) is 31.6 Å². The quantitative estimate of drug-likeness (QED) is 0.481. The van der Waals surface area contributed by atoms with E-state index in [0.29, 0.717) is 5.71 Å². The lowest BCUT2D eigenvalue weighted by molar-refractivity contribution is -0.119. The van der Waals surface area contributed by atoms with Crippen molar-refractivity contribution < 1.29 is 13.2 Å². The van der Waals surface area contributed by atoms with Gasteiger partial charge in [-0.05, 0) is 36.8 Å². The molecule has 148 valence electrons. The second kappa shape index (κ2) is 9.11. The fourth-order valence-corrected chi connectivity index (χ4v) is 3.96. The largest absolute Gasteiger partial charge is 0.271 e. The van der Waals surface area contributed by atoms with Crippen LogP contribution in [0.2, 0.25) is 0 Å². The minimum atomic E-state index is -3.98. The summed E-state index contributed by atoms with van der Waals surface area (Å²) in [7, 11) is -3.98. The van der Waals surface area contributed by atoms with Crippen molar-refractivity contribution in [3.8, 4) is 0 Å². The Hall–Kier alpha value is -3.52. The second-order valence-electron chi connectivity index (χ2n) is 6.11. The molecule has 0 aliphatic rings. The predicted molar refractivity (Wildman–Crippen MR) is 112 cm³/mol. The highest BCUT2D eigenvalue weighted by atomic mass is 32.2. The molecular formula is C21H20N4O3S. The molecule has 0 unspecified atom stereocenters. The third kappa shape index (κ3) is 5.05. The molecule has 3 rings (SSSR count). The van der Waals surface area contributed by atoms with Crippen molar-refractivity contribution in [1.29, 1.82) is 0 Å². The van der Waals surface area contributed by atoms with E-state index in [1.807, 2.05) is 30.3 Å². The molecule has 1 heterocycles. The van der Waals surface area contributed by atoms with Crippen LogP contribution >= 0.6 is 0 Å². The van der Waals surface area contributed by atoms with Crippen LogP contribution in [0.4, 0.5) is 5.82 Å². The highest BCUT2D eigenvalue weighted by molar-refractivity contribution is 7.92. The van der Waals surface area contributed by atoms with Gasteiger partial charge < -0.3 is 0 Å². The number of nitrogens with zero attached hydrogens (tertiary/aromatic N) is 3. The number of carbonyl (C=O) groups excluding carboxylic acids is 1. The average molecular weight is 408 g/mol. The zero-order valence-electron chi connectivity index (χ0n) is 15.8. The maximum Gasteiger partial charge on any atom is 0.265 e. The van der Waals surface area contributed by atoms with Crippen LogP contribution in [0.3, 0.4) is 0 Å². The van der Waals surface area contributed by atoms with Crippen molar-refractivity contribution in [2.45, 2.75) is 11.8 Å². The number of amides is 1. The Bertz CT molecular complexity index is 1090. The maximum atomic E-state index is 13.1. The number of carbonyl (C=O) groups is 1. The number of hydrogen-bond donors (Lipinski definition) is 1. The van der Waals surface area contributed by atoms with E-state index < -0.39 is 22.5 Å². The zero-order valence-corrected chi connectivity index (χ0v) is 16.6. The minimum absolute atomic E-state index is 0.0717. The third-order valence-electron chi connectivity index (χ3n) is 4.06. The lowest BCUT2D eigenvalue weighted by Crippen LogP contribution is -2.40. The summed E-state index contributed by atoms with van der Waals surface area (Å²) in [5, 5.41) is 4.07. The van der Waals surface area contributed by atoms with Crippen molar-refractivity contribution >= 4 is 27.5 Å². The summed E-state index contributed by atoms with van der Waals surface area (Å²) < 4.78 is 27.2. The molecular weight excluding hydrogens is 388 g/mol. The van der Waals surface area contributed by atoms with Gasteiger partial charge in [0, 0.05) is 6.20 Å². The van der Waals surface area contributed by atoms with Gasteiger partial charge in [-0.3, -0.25) is 4.79 Å². The SMILES string of the molecule is C/C(=N/NC(=O)CN(c1ccccn1)S(=O)(=O)c1ccccc1)c1ccccc1. The number of hydrazone groups is 1. The Balaban J connectivity index is 1.83. The van der Waals surface area contributed by atoms with Gasteiger partial charge in [0.25, 0.3) is 15.9 Å². The zero-order chi connectivity index (χ0) is 20.7. The van der Waals surface area contributed by atoms with Gasteiger partial charge in [0.15, 0.2) is 0 Å². The van der Waals surface area contributed by atoms with Crippen LogP contribution < -0.4 is 9.73 Å². The van der Waals surface area contributed by atoms with Crippen LogP contribution in [0.25, 0.3) is 0 Å². The standard InChI is InChI=1S/C21H20N4O3S/c1-17(18-10-4-2-5-11-18)23-24-21(26)16-25(20-14-8-9-15-22-20)29(27,28)19-12-6-3-7-13-19/h2-15H,16H2,1H3,(H,24,26)/b23-17-. The topological polar surface area (TPSA) is 91.7 Å². The third-order valence-corrected chi connectivity index (χ3v) is 5.83. The molecule has 0 aliphatic carbocycles. The Morgan fingerprint density at radius 2 is 1.59 bits per heavy atom. The number of pyridine rings is 1. The first-order valence-corrected chi connectivity index (χ1v) is 10.3. The van der Waals surface area contributed by atoms with E-state index in [2.05, 4.69) is 15.5 Å². The van der Waals surface area contributed by atoms with Gasteiger partial charge >= 0.3 is 0 Å². The highest BCUT2D eigenvalue weighted by Gasteiger charge is 2.27. The van der Waals surface area contributed by atoms with E-state index in [1.165, 1.54) is 24.4 Å². The van der Waals surface area contributed by atoms with E-state index in [1.54, 1.807) is 37.3 Å². The fraction of sp³-hybridized carbons (Fsp3) is 0.0952. The molecule has 0 saturated heterocycles. The summed E-state index contributed by atoms with van der Waals surface area (Å²) in [6.07, 6.45) is 1.47. The molecule has 2 aromatic carbocycles. The van der Waals surface area contributed by atoms with Crippen LogP contribution in [0.15, 0.2) is 95.1 Å². The van der Waals surface area contributed by atoms with E-state index in [-0.39, 0.29) is 10.7 Å². The molecule has 0 atom stereocenters. The van der Waals surface area contributed by atoms with Gasteiger partial charge in [0.05, 0.1) is 10.6 Å². The van der Waals surface area contributed by atoms with Gasteiger partial charge in [-0.25, -0.2) is 23.1 Å². The summed E-state index contributed by atoms with van der Waals surface area (Å²) in [6, 6.07) is 22.1. The number of anilines is 1. The van der Waals surface area contributed by atoms with Crippen molar-refractivity contribution in [1.82, 2.24) is 10.4 Å². The Morgan fingerprint density at radius 3 is 2.21 bits per heavy atom. The molecule has 7 nitrogen and oxygen atoms in total. The average Bonchev–Trinajstić information content (AvgIpc) is 2.77. The first-order valence-electron chi connectivity index (χ1n) is 8.86. The van der Waals surface area contributed by atoms with E-state index in [9.17, 15) is 13.2 Å². The first kappa shape index (κ1) is 20.2. The van der Waals surface area contributed by atoms with Crippen molar-refractivity contribution in [2.75, 3.05) is 10.8 Å². The molecule has 8 heteroatoms. The summed E-state index contributed by atoms with van der Waals surface area (Å²) in [5.74, 6) is -0.430. The van der Waals surface area contributed by atoms with Gasteiger partial charge in [0.1, 0.15) is 12.4 Å². The van der Waals surface area contributed by atoms with Crippen molar-refractivity contribution in [3.05, 3.63) is 90.6 Å². The molecule has 1 amide bonds. The number of benzene rings is 2.